The summed E-state index contributed by atoms with van der Waals surface area (Å²) in [7, 11) is -3.44. The van der Waals surface area contributed by atoms with Crippen LogP contribution in [-0.4, -0.2) is 55.8 Å². The number of carbonyl (C=O) groups excluding carboxylic acids is 1. The largest absolute Gasteiger partial charge is 0.305 e. The molecule has 0 N–H and O–H groups in total. The lowest BCUT2D eigenvalue weighted by Crippen LogP contribution is -2.48. The van der Waals surface area contributed by atoms with Crippen LogP contribution in [0.3, 0.4) is 0 Å². The molecule has 0 aromatic heterocycles. The Morgan fingerprint density at radius 3 is 2.21 bits per heavy atom. The molecule has 176 valence electrons. The Morgan fingerprint density at radius 1 is 0.853 bits per heavy atom. The summed E-state index contributed by atoms with van der Waals surface area (Å²) in [6.45, 7) is 5.12. The van der Waals surface area contributed by atoms with Crippen molar-refractivity contribution in [1.29, 1.82) is 0 Å². The summed E-state index contributed by atoms with van der Waals surface area (Å²) in [4.78, 5) is 17.7. The van der Waals surface area contributed by atoms with E-state index in [1.54, 1.807) is 28.6 Å². The maximum Gasteiger partial charge on any atom is 0.258 e. The van der Waals surface area contributed by atoms with Gasteiger partial charge < -0.3 is 4.90 Å². The van der Waals surface area contributed by atoms with E-state index in [4.69, 9.17) is 0 Å². The molecule has 5 rings (SSSR count). The molecule has 0 unspecified atom stereocenters. The third-order valence-electron chi connectivity index (χ3n) is 6.75. The van der Waals surface area contributed by atoms with Crippen LogP contribution in [0, 0.1) is 0 Å². The smallest absolute Gasteiger partial charge is 0.258 e. The summed E-state index contributed by atoms with van der Waals surface area (Å²) in [5, 5.41) is 0. The lowest BCUT2D eigenvalue weighted by atomic mass is 10.1. The number of nitrogens with zero attached hydrogens (tertiary/aromatic N) is 3. The van der Waals surface area contributed by atoms with Crippen LogP contribution in [0.4, 0.5) is 5.69 Å². The number of benzene rings is 3. The van der Waals surface area contributed by atoms with Gasteiger partial charge in [-0.25, -0.2) is 8.42 Å². The Kier molecular flexibility index (Phi) is 6.25. The predicted molar refractivity (Wildman–Crippen MR) is 133 cm³/mol. The van der Waals surface area contributed by atoms with E-state index in [0.717, 1.165) is 24.2 Å². The number of sulfonamides is 1. The van der Waals surface area contributed by atoms with Crippen molar-refractivity contribution >= 4 is 21.6 Å². The number of carbonyl (C=O) groups is 1. The molecule has 2 aliphatic rings. The molecular formula is C27H29N3O3S. The van der Waals surface area contributed by atoms with Gasteiger partial charge >= 0.3 is 0 Å². The van der Waals surface area contributed by atoms with Crippen LogP contribution < -0.4 is 4.90 Å². The number of anilines is 1. The van der Waals surface area contributed by atoms with Crippen LogP contribution in [0.5, 0.6) is 0 Å². The fourth-order valence-electron chi connectivity index (χ4n) is 4.89. The van der Waals surface area contributed by atoms with E-state index in [-0.39, 0.29) is 11.9 Å². The van der Waals surface area contributed by atoms with E-state index in [9.17, 15) is 13.2 Å². The highest BCUT2D eigenvalue weighted by molar-refractivity contribution is 7.89. The normalized spacial score (nSPS) is 19.2. The lowest BCUT2D eigenvalue weighted by molar-refractivity contribution is 0.0981. The molecule has 0 saturated carbocycles. The first kappa shape index (κ1) is 22.8. The maximum atomic E-state index is 13.2. The van der Waals surface area contributed by atoms with Crippen LogP contribution in [0.25, 0.3) is 0 Å². The maximum absolute atomic E-state index is 13.2. The Morgan fingerprint density at radius 2 is 1.50 bits per heavy atom. The van der Waals surface area contributed by atoms with Crippen molar-refractivity contribution in [3.63, 3.8) is 0 Å². The van der Waals surface area contributed by atoms with Crippen LogP contribution in [0.2, 0.25) is 0 Å². The second kappa shape index (κ2) is 9.33. The summed E-state index contributed by atoms with van der Waals surface area (Å²) in [5.41, 5.74) is 4.03. The molecule has 1 atom stereocenters. The van der Waals surface area contributed by atoms with Crippen molar-refractivity contribution < 1.29 is 13.2 Å². The number of piperazine rings is 1. The van der Waals surface area contributed by atoms with Crippen molar-refractivity contribution in [2.75, 3.05) is 31.1 Å². The summed E-state index contributed by atoms with van der Waals surface area (Å²) in [6.07, 6.45) is 0.881. The molecule has 2 heterocycles. The lowest BCUT2D eigenvalue weighted by Gasteiger charge is -2.34. The number of rotatable bonds is 5. The van der Waals surface area contributed by atoms with Crippen molar-refractivity contribution in [3.05, 3.63) is 95.6 Å². The van der Waals surface area contributed by atoms with Gasteiger partial charge in [0.1, 0.15) is 0 Å². The zero-order valence-electron chi connectivity index (χ0n) is 19.3. The quantitative estimate of drug-likeness (QED) is 0.564. The van der Waals surface area contributed by atoms with Gasteiger partial charge in [-0.1, -0.05) is 48.5 Å². The van der Waals surface area contributed by atoms with Crippen molar-refractivity contribution in [3.8, 4) is 0 Å². The van der Waals surface area contributed by atoms with Gasteiger partial charge in [0.25, 0.3) is 5.91 Å². The highest BCUT2D eigenvalue weighted by Gasteiger charge is 2.31. The average molecular weight is 476 g/mol. The zero-order valence-corrected chi connectivity index (χ0v) is 20.1. The molecule has 1 saturated heterocycles. The van der Waals surface area contributed by atoms with Gasteiger partial charge in [0, 0.05) is 50.0 Å². The van der Waals surface area contributed by atoms with E-state index in [1.807, 2.05) is 53.4 Å². The molecule has 0 aliphatic carbocycles. The summed E-state index contributed by atoms with van der Waals surface area (Å²) in [5.74, 6) is 0.0312. The summed E-state index contributed by atoms with van der Waals surface area (Å²) < 4.78 is 27.2. The average Bonchev–Trinajstić information content (AvgIpc) is 3.20. The van der Waals surface area contributed by atoms with E-state index >= 15 is 0 Å². The number of fused-ring (bicyclic) bond motifs is 1. The molecule has 6 nitrogen and oxygen atoms in total. The highest BCUT2D eigenvalue weighted by atomic mass is 32.2. The number of hydrogen-bond acceptors (Lipinski definition) is 4. The SMILES string of the molecule is C[C@@H]1Cc2ccccc2N1C(=O)c1ccc(CN2CCN(S(=O)(=O)c3ccccc3)CC2)cc1. The summed E-state index contributed by atoms with van der Waals surface area (Å²) in [6, 6.07) is 24.7. The van der Waals surface area contributed by atoms with E-state index in [2.05, 4.69) is 17.9 Å². The van der Waals surface area contributed by atoms with Gasteiger partial charge in [0.15, 0.2) is 0 Å². The minimum atomic E-state index is -3.44. The first-order chi connectivity index (χ1) is 16.4. The Hall–Kier alpha value is -3.00. The van der Waals surface area contributed by atoms with Gasteiger partial charge in [-0.2, -0.15) is 4.31 Å². The number of para-hydroxylation sites is 1. The van der Waals surface area contributed by atoms with E-state index < -0.39 is 10.0 Å². The first-order valence-electron chi connectivity index (χ1n) is 11.7. The highest BCUT2D eigenvalue weighted by Crippen LogP contribution is 2.33. The minimum absolute atomic E-state index is 0.0312. The second-order valence-electron chi connectivity index (χ2n) is 9.05. The third kappa shape index (κ3) is 4.39. The Bertz CT molecular complexity index is 1270. The fraction of sp³-hybridized carbons (Fsp3) is 0.296. The third-order valence-corrected chi connectivity index (χ3v) is 8.66. The van der Waals surface area contributed by atoms with Gasteiger partial charge in [-0.15, -0.1) is 0 Å². The first-order valence-corrected chi connectivity index (χ1v) is 13.2. The van der Waals surface area contributed by atoms with Crippen molar-refractivity contribution in [1.82, 2.24) is 9.21 Å². The standard InChI is InChI=1S/C27H29N3O3S/c1-21-19-24-7-5-6-10-26(24)30(21)27(31)23-13-11-22(12-14-23)20-28-15-17-29(18-16-28)34(32,33)25-8-3-2-4-9-25/h2-14,21H,15-20H2,1H3/t21-/m1/s1. The molecule has 1 fully saturated rings. The molecule has 2 aliphatic heterocycles. The van der Waals surface area contributed by atoms with Gasteiger partial charge in [0.05, 0.1) is 4.90 Å². The number of amides is 1. The monoisotopic (exact) mass is 475 g/mol. The molecular weight excluding hydrogens is 446 g/mol. The van der Waals surface area contributed by atoms with Crippen LogP contribution in [-0.2, 0) is 23.0 Å². The molecule has 0 bridgehead atoms. The second-order valence-corrected chi connectivity index (χ2v) is 11.0. The van der Waals surface area contributed by atoms with Crippen molar-refractivity contribution in [2.45, 2.75) is 30.8 Å². The molecule has 3 aromatic carbocycles. The fourth-order valence-corrected chi connectivity index (χ4v) is 6.34. The topological polar surface area (TPSA) is 60.9 Å². The van der Waals surface area contributed by atoms with E-state index in [1.165, 1.54) is 5.56 Å². The zero-order chi connectivity index (χ0) is 23.7. The van der Waals surface area contributed by atoms with Crippen molar-refractivity contribution in [2.24, 2.45) is 0 Å². The van der Waals surface area contributed by atoms with E-state index in [0.29, 0.717) is 36.6 Å². The van der Waals surface area contributed by atoms with Gasteiger partial charge in [-0.05, 0) is 54.8 Å². The summed E-state index contributed by atoms with van der Waals surface area (Å²) >= 11 is 0. The Balaban J connectivity index is 1.20. The molecule has 34 heavy (non-hydrogen) atoms. The Labute approximate surface area is 201 Å². The molecule has 7 heteroatoms. The predicted octanol–water partition coefficient (Wildman–Crippen LogP) is 3.78. The minimum Gasteiger partial charge on any atom is -0.305 e. The van der Waals surface area contributed by atoms with Gasteiger partial charge in [-0.3, -0.25) is 9.69 Å². The number of hydrogen-bond donors (Lipinski definition) is 0. The molecule has 0 spiro atoms. The molecule has 0 radical (unpaired) electrons. The van der Waals surface area contributed by atoms with Crippen LogP contribution >= 0.6 is 0 Å². The van der Waals surface area contributed by atoms with Crippen LogP contribution in [0.1, 0.15) is 28.4 Å². The molecule has 3 aromatic rings. The van der Waals surface area contributed by atoms with Crippen LogP contribution in [0.15, 0.2) is 83.8 Å². The molecule has 1 amide bonds. The van der Waals surface area contributed by atoms with Gasteiger partial charge in [0.2, 0.25) is 10.0 Å².